The first-order valence-electron chi connectivity index (χ1n) is 10.4. The molecule has 0 saturated carbocycles. The minimum absolute atomic E-state index is 0.00571. The Morgan fingerprint density at radius 3 is 2.56 bits per heavy atom. The molecule has 1 unspecified atom stereocenters. The molecule has 0 aromatic heterocycles. The first-order chi connectivity index (χ1) is 15.2. The molecule has 8 nitrogen and oxygen atoms in total. The summed E-state index contributed by atoms with van der Waals surface area (Å²) in [6.45, 7) is 3.53. The van der Waals surface area contributed by atoms with Crippen LogP contribution in [0.5, 0.6) is 11.5 Å². The highest BCUT2D eigenvalue weighted by molar-refractivity contribution is 6.33. The largest absolute Gasteiger partial charge is 0.484 e. The van der Waals surface area contributed by atoms with Crippen LogP contribution in [0.2, 0.25) is 5.02 Å². The number of para-hydroxylation sites is 2. The number of β-amino-alcohol motifs (C(OH)–C–C–N with tert-alkyl or cyclic N) is 2. The molecule has 0 spiro atoms. The molecule has 0 bridgehead atoms. The van der Waals surface area contributed by atoms with E-state index in [9.17, 15) is 19.8 Å². The summed E-state index contributed by atoms with van der Waals surface area (Å²) in [5.74, 6) is -2.59. The van der Waals surface area contributed by atoms with E-state index in [0.717, 1.165) is 5.69 Å². The van der Waals surface area contributed by atoms with Crippen LogP contribution in [-0.2, 0) is 4.79 Å². The van der Waals surface area contributed by atoms with Crippen molar-refractivity contribution in [2.24, 2.45) is 0 Å². The van der Waals surface area contributed by atoms with E-state index < -0.39 is 30.1 Å². The van der Waals surface area contributed by atoms with Crippen LogP contribution < -0.4 is 14.4 Å². The summed E-state index contributed by atoms with van der Waals surface area (Å²) in [5, 5.41) is 21.7. The highest BCUT2D eigenvalue weighted by Gasteiger charge is 2.38. The molecule has 0 radical (unpaired) electrons. The monoisotopic (exact) mass is 460 g/mol. The second kappa shape index (κ2) is 9.07. The van der Waals surface area contributed by atoms with E-state index in [4.69, 9.17) is 21.1 Å². The van der Waals surface area contributed by atoms with Crippen molar-refractivity contribution in [3.8, 4) is 11.5 Å². The average molecular weight is 461 g/mol. The summed E-state index contributed by atoms with van der Waals surface area (Å²) >= 11 is 6.27. The number of carbonyl (C=O) groups excluding carboxylic acids is 2. The van der Waals surface area contributed by atoms with Crippen LogP contribution in [0.4, 0.5) is 5.69 Å². The van der Waals surface area contributed by atoms with Gasteiger partial charge in [-0.05, 0) is 31.2 Å². The summed E-state index contributed by atoms with van der Waals surface area (Å²) in [5.41, 5.74) is 1.22. The highest BCUT2D eigenvalue weighted by Crippen LogP contribution is 2.38. The number of benzene rings is 2. The van der Waals surface area contributed by atoms with E-state index >= 15 is 0 Å². The number of ketones is 2. The van der Waals surface area contributed by atoms with Crippen molar-refractivity contribution in [1.29, 1.82) is 0 Å². The van der Waals surface area contributed by atoms with E-state index in [1.165, 1.54) is 6.92 Å². The molecule has 0 amide bonds. The number of halogens is 1. The van der Waals surface area contributed by atoms with Gasteiger partial charge in [0.15, 0.2) is 17.3 Å². The number of Topliss-reactive ketones (excluding diaryl/α,β-unsaturated/α-hetero) is 2. The molecule has 0 aliphatic carbocycles. The van der Waals surface area contributed by atoms with Gasteiger partial charge in [0.05, 0.1) is 22.8 Å². The maximum absolute atomic E-state index is 12.3. The van der Waals surface area contributed by atoms with Gasteiger partial charge in [0.25, 0.3) is 0 Å². The number of piperazine rings is 1. The normalized spacial score (nSPS) is 18.9. The molecule has 32 heavy (non-hydrogen) atoms. The maximum atomic E-state index is 12.3. The first-order valence-corrected chi connectivity index (χ1v) is 10.8. The molecule has 2 aliphatic heterocycles. The smallest absolute Gasteiger partial charge is 0.219 e. The summed E-state index contributed by atoms with van der Waals surface area (Å²) in [4.78, 5) is 28.0. The molecule has 2 heterocycles. The lowest BCUT2D eigenvalue weighted by molar-refractivity contribution is -0.192. The molecule has 9 heteroatoms. The zero-order valence-corrected chi connectivity index (χ0v) is 18.4. The molecular formula is C23H25ClN2O6. The molecule has 4 rings (SSSR count). The number of hydrogen-bond acceptors (Lipinski definition) is 8. The topological polar surface area (TPSA) is 99.5 Å². The van der Waals surface area contributed by atoms with Crippen LogP contribution in [-0.4, -0.2) is 77.9 Å². The summed E-state index contributed by atoms with van der Waals surface area (Å²) < 4.78 is 11.1. The second-order valence-corrected chi connectivity index (χ2v) is 8.50. The van der Waals surface area contributed by atoms with E-state index in [1.54, 1.807) is 18.2 Å². The Balaban J connectivity index is 1.33. The Hall–Kier alpha value is -2.65. The first kappa shape index (κ1) is 22.5. The number of hydrogen-bond donors (Lipinski definition) is 2. The van der Waals surface area contributed by atoms with Crippen LogP contribution in [0.3, 0.4) is 0 Å². The van der Waals surface area contributed by atoms with Crippen molar-refractivity contribution < 1.29 is 29.3 Å². The predicted molar refractivity (Wildman–Crippen MR) is 119 cm³/mol. The number of nitrogens with zero attached hydrogens (tertiary/aromatic N) is 2. The summed E-state index contributed by atoms with van der Waals surface area (Å²) in [6, 6.07) is 12.4. The van der Waals surface area contributed by atoms with Crippen LogP contribution in [0, 0.1) is 0 Å². The van der Waals surface area contributed by atoms with Crippen LogP contribution in [0.1, 0.15) is 17.3 Å². The van der Waals surface area contributed by atoms with Crippen molar-refractivity contribution in [1.82, 2.24) is 4.90 Å². The van der Waals surface area contributed by atoms with Gasteiger partial charge in [-0.2, -0.15) is 0 Å². The third-order valence-corrected chi connectivity index (χ3v) is 5.91. The average Bonchev–Trinajstić information content (AvgIpc) is 3.11. The second-order valence-electron chi connectivity index (χ2n) is 8.09. The molecule has 1 saturated heterocycles. The number of aliphatic hydroxyl groups is 2. The van der Waals surface area contributed by atoms with Crippen LogP contribution in [0.15, 0.2) is 42.5 Å². The van der Waals surface area contributed by atoms with Gasteiger partial charge < -0.3 is 24.6 Å². The van der Waals surface area contributed by atoms with Gasteiger partial charge in [0.1, 0.15) is 6.61 Å². The Morgan fingerprint density at radius 2 is 1.88 bits per heavy atom. The Morgan fingerprint density at radius 1 is 1.16 bits per heavy atom. The van der Waals surface area contributed by atoms with Gasteiger partial charge >= 0.3 is 0 Å². The van der Waals surface area contributed by atoms with Crippen LogP contribution >= 0.6 is 11.6 Å². The van der Waals surface area contributed by atoms with Crippen molar-refractivity contribution >= 4 is 28.9 Å². The Labute approximate surface area is 190 Å². The minimum Gasteiger partial charge on any atom is -0.484 e. The van der Waals surface area contributed by atoms with E-state index in [-0.39, 0.29) is 23.6 Å². The maximum Gasteiger partial charge on any atom is 0.219 e. The standard InChI is InChI=1S/C23H25ClN2O6/c1-15(27)21-20(28)16-5-4-8-19(22(16)32-21)31-14-23(29,30)13-25-9-11-26(12-10-25)18-7-3-2-6-17(18)24/h2-8,21,29-30H,9-14H2,1H3. The highest BCUT2D eigenvalue weighted by atomic mass is 35.5. The van der Waals surface area contributed by atoms with Crippen LogP contribution in [0.25, 0.3) is 0 Å². The molecule has 2 aromatic rings. The van der Waals surface area contributed by atoms with Crippen molar-refractivity contribution in [2.75, 3.05) is 44.2 Å². The van der Waals surface area contributed by atoms with E-state index in [2.05, 4.69) is 4.90 Å². The molecular weight excluding hydrogens is 436 g/mol. The fraction of sp³-hybridized carbons (Fsp3) is 0.391. The lowest BCUT2D eigenvalue weighted by atomic mass is 10.1. The number of anilines is 1. The quantitative estimate of drug-likeness (QED) is 0.476. The fourth-order valence-electron chi connectivity index (χ4n) is 3.98. The number of fused-ring (bicyclic) bond motifs is 1. The zero-order valence-electron chi connectivity index (χ0n) is 17.7. The Bertz CT molecular complexity index is 1020. The minimum atomic E-state index is -2.11. The molecule has 170 valence electrons. The fourth-order valence-corrected chi connectivity index (χ4v) is 4.23. The van der Waals surface area contributed by atoms with E-state index in [0.29, 0.717) is 31.2 Å². The lowest BCUT2D eigenvalue weighted by Crippen LogP contribution is -2.54. The van der Waals surface area contributed by atoms with E-state index in [1.807, 2.05) is 29.2 Å². The van der Waals surface area contributed by atoms with Gasteiger partial charge in [-0.1, -0.05) is 29.8 Å². The molecule has 2 aromatic carbocycles. The van der Waals surface area contributed by atoms with Gasteiger partial charge in [0, 0.05) is 26.2 Å². The van der Waals surface area contributed by atoms with Crippen molar-refractivity contribution in [3.63, 3.8) is 0 Å². The number of ether oxygens (including phenoxy) is 2. The molecule has 1 fully saturated rings. The van der Waals surface area contributed by atoms with Crippen molar-refractivity contribution in [3.05, 3.63) is 53.1 Å². The van der Waals surface area contributed by atoms with Gasteiger partial charge in [-0.3, -0.25) is 14.5 Å². The number of carbonyl (C=O) groups is 2. The van der Waals surface area contributed by atoms with Gasteiger partial charge in [-0.25, -0.2) is 0 Å². The third-order valence-electron chi connectivity index (χ3n) is 5.59. The lowest BCUT2D eigenvalue weighted by Gasteiger charge is -2.38. The van der Waals surface area contributed by atoms with Gasteiger partial charge in [0.2, 0.25) is 17.7 Å². The Kier molecular flexibility index (Phi) is 6.39. The predicted octanol–water partition coefficient (Wildman–Crippen LogP) is 1.75. The third kappa shape index (κ3) is 4.73. The number of rotatable bonds is 7. The summed E-state index contributed by atoms with van der Waals surface area (Å²) in [7, 11) is 0. The molecule has 1 atom stereocenters. The molecule has 2 N–H and O–H groups in total. The van der Waals surface area contributed by atoms with Gasteiger partial charge in [-0.15, -0.1) is 0 Å². The zero-order chi connectivity index (χ0) is 22.9. The SMILES string of the molecule is CC(=O)C1Oc2c(OCC(O)(O)CN3CCN(c4ccccc4Cl)CC3)cccc2C1=O. The summed E-state index contributed by atoms with van der Waals surface area (Å²) in [6.07, 6.45) is -1.18. The molecule has 2 aliphatic rings. The van der Waals surface area contributed by atoms with Crippen molar-refractivity contribution in [2.45, 2.75) is 18.8 Å².